The van der Waals surface area contributed by atoms with E-state index in [0.717, 1.165) is 17.5 Å². The van der Waals surface area contributed by atoms with Gasteiger partial charge in [-0.3, -0.25) is 9.78 Å². The van der Waals surface area contributed by atoms with E-state index in [0.29, 0.717) is 5.69 Å². The number of aryl methyl sites for hydroxylation is 1. The molecule has 70 valence electrons. The van der Waals surface area contributed by atoms with Crippen LogP contribution < -0.4 is 0 Å². The highest BCUT2D eigenvalue weighted by Crippen LogP contribution is 2.19. The number of imidazole rings is 1. The third kappa shape index (κ3) is 1.31. The second kappa shape index (κ2) is 3.41. The maximum absolute atomic E-state index is 10.7. The summed E-state index contributed by atoms with van der Waals surface area (Å²) in [5, 5.41) is 0. The normalized spacial score (nSPS) is 10.1. The summed E-state index contributed by atoms with van der Waals surface area (Å²) in [4.78, 5) is 18.6. The van der Waals surface area contributed by atoms with E-state index in [1.54, 1.807) is 18.7 Å². The van der Waals surface area contributed by atoms with Crippen molar-refractivity contribution >= 4 is 6.29 Å². The van der Waals surface area contributed by atoms with Crippen molar-refractivity contribution in [2.24, 2.45) is 7.05 Å². The monoisotopic (exact) mass is 187 g/mol. The van der Waals surface area contributed by atoms with Gasteiger partial charge in [-0.05, 0) is 12.1 Å². The van der Waals surface area contributed by atoms with Crippen molar-refractivity contribution in [1.82, 2.24) is 14.5 Å². The minimum Gasteiger partial charge on any atom is -0.333 e. The molecule has 0 N–H and O–H groups in total. The maximum atomic E-state index is 10.7. The molecule has 0 bridgehead atoms. The van der Waals surface area contributed by atoms with Gasteiger partial charge in [0.15, 0.2) is 6.29 Å². The largest absolute Gasteiger partial charge is 0.333 e. The molecule has 0 saturated carbocycles. The van der Waals surface area contributed by atoms with Gasteiger partial charge in [-0.15, -0.1) is 0 Å². The van der Waals surface area contributed by atoms with Crippen LogP contribution in [0.2, 0.25) is 0 Å². The Bertz CT molecular complexity index is 448. The summed E-state index contributed by atoms with van der Waals surface area (Å²) in [5.74, 6) is 0. The van der Waals surface area contributed by atoms with Crippen LogP contribution in [0.4, 0.5) is 0 Å². The molecule has 0 aliphatic rings. The minimum atomic E-state index is 0.457. The predicted octanol–water partition coefficient (Wildman–Crippen LogP) is 1.29. The third-order valence-electron chi connectivity index (χ3n) is 2.03. The van der Waals surface area contributed by atoms with E-state index in [9.17, 15) is 4.79 Å². The average Bonchev–Trinajstić information content (AvgIpc) is 2.61. The topological polar surface area (TPSA) is 47.8 Å². The van der Waals surface area contributed by atoms with Crippen molar-refractivity contribution in [3.63, 3.8) is 0 Å². The lowest BCUT2D eigenvalue weighted by atomic mass is 10.1. The standard InChI is InChI=1S/C10H9N3O/c1-13-7-12-9(6-14)10(13)8-2-4-11-5-3-8/h2-7H,1H3. The Balaban J connectivity index is 2.61. The lowest BCUT2D eigenvalue weighted by Crippen LogP contribution is -1.92. The summed E-state index contributed by atoms with van der Waals surface area (Å²) < 4.78 is 1.82. The van der Waals surface area contributed by atoms with Crippen molar-refractivity contribution < 1.29 is 4.79 Å². The molecule has 0 aromatic carbocycles. The Kier molecular flexibility index (Phi) is 2.10. The zero-order valence-electron chi connectivity index (χ0n) is 7.71. The fourth-order valence-electron chi connectivity index (χ4n) is 1.40. The number of aromatic nitrogens is 3. The lowest BCUT2D eigenvalue weighted by Gasteiger charge is -2.01. The van der Waals surface area contributed by atoms with Crippen molar-refractivity contribution in [3.8, 4) is 11.3 Å². The van der Waals surface area contributed by atoms with Crippen molar-refractivity contribution in [2.75, 3.05) is 0 Å². The Morgan fingerprint density at radius 3 is 2.71 bits per heavy atom. The molecular weight excluding hydrogens is 178 g/mol. The van der Waals surface area contributed by atoms with Crippen LogP contribution in [0.1, 0.15) is 10.5 Å². The molecule has 2 aromatic heterocycles. The van der Waals surface area contributed by atoms with E-state index in [-0.39, 0.29) is 0 Å². The molecule has 4 nitrogen and oxygen atoms in total. The fourth-order valence-corrected chi connectivity index (χ4v) is 1.40. The Morgan fingerprint density at radius 2 is 2.07 bits per heavy atom. The molecule has 2 aromatic rings. The van der Waals surface area contributed by atoms with Crippen molar-refractivity contribution in [3.05, 3.63) is 36.5 Å². The number of nitrogens with zero attached hydrogens (tertiary/aromatic N) is 3. The Hall–Kier alpha value is -1.97. The predicted molar refractivity (Wildman–Crippen MR) is 51.8 cm³/mol. The molecule has 0 unspecified atom stereocenters. The van der Waals surface area contributed by atoms with E-state index in [1.807, 2.05) is 23.7 Å². The summed E-state index contributed by atoms with van der Waals surface area (Å²) >= 11 is 0. The van der Waals surface area contributed by atoms with Crippen LogP contribution in [0.25, 0.3) is 11.3 Å². The quantitative estimate of drug-likeness (QED) is 0.665. The molecule has 14 heavy (non-hydrogen) atoms. The van der Waals surface area contributed by atoms with E-state index < -0.39 is 0 Å². The molecule has 0 amide bonds. The molecule has 2 rings (SSSR count). The van der Waals surface area contributed by atoms with Gasteiger partial charge in [0.1, 0.15) is 5.69 Å². The number of pyridine rings is 1. The molecule has 0 aliphatic heterocycles. The zero-order chi connectivity index (χ0) is 9.97. The fraction of sp³-hybridized carbons (Fsp3) is 0.100. The summed E-state index contributed by atoms with van der Waals surface area (Å²) in [6, 6.07) is 3.70. The van der Waals surface area contributed by atoms with E-state index in [2.05, 4.69) is 9.97 Å². The molecule has 0 radical (unpaired) electrons. The number of hydrogen-bond acceptors (Lipinski definition) is 3. The first-order valence-corrected chi connectivity index (χ1v) is 4.20. The number of carbonyl (C=O) groups is 1. The van der Waals surface area contributed by atoms with Crippen LogP contribution in [0, 0.1) is 0 Å². The lowest BCUT2D eigenvalue weighted by molar-refractivity contribution is 0.112. The van der Waals surface area contributed by atoms with Gasteiger partial charge in [-0.2, -0.15) is 0 Å². The van der Waals surface area contributed by atoms with Crippen molar-refractivity contribution in [2.45, 2.75) is 0 Å². The smallest absolute Gasteiger partial charge is 0.170 e. The molecule has 2 heterocycles. The summed E-state index contributed by atoms with van der Waals surface area (Å²) in [6.07, 6.45) is 5.77. The average molecular weight is 187 g/mol. The number of hydrogen-bond donors (Lipinski definition) is 0. The minimum absolute atomic E-state index is 0.457. The van der Waals surface area contributed by atoms with Gasteiger partial charge in [0.05, 0.1) is 12.0 Å². The van der Waals surface area contributed by atoms with Gasteiger partial charge < -0.3 is 4.57 Å². The van der Waals surface area contributed by atoms with Gasteiger partial charge in [-0.1, -0.05) is 0 Å². The SMILES string of the molecule is Cn1cnc(C=O)c1-c1ccncc1. The van der Waals surface area contributed by atoms with E-state index >= 15 is 0 Å². The Morgan fingerprint density at radius 1 is 1.36 bits per heavy atom. The number of rotatable bonds is 2. The molecule has 4 heteroatoms. The highest BCUT2D eigenvalue weighted by molar-refractivity contribution is 5.83. The van der Waals surface area contributed by atoms with Gasteiger partial charge in [-0.25, -0.2) is 4.98 Å². The highest BCUT2D eigenvalue weighted by atomic mass is 16.1. The Labute approximate surface area is 81.2 Å². The molecule has 0 aliphatic carbocycles. The van der Waals surface area contributed by atoms with E-state index in [4.69, 9.17) is 0 Å². The second-order valence-electron chi connectivity index (χ2n) is 2.94. The number of carbonyl (C=O) groups excluding carboxylic acids is 1. The first-order valence-electron chi connectivity index (χ1n) is 4.20. The van der Waals surface area contributed by atoms with Crippen LogP contribution in [0.5, 0.6) is 0 Å². The first kappa shape index (κ1) is 8.62. The maximum Gasteiger partial charge on any atom is 0.170 e. The van der Waals surface area contributed by atoms with Gasteiger partial charge in [0.2, 0.25) is 0 Å². The summed E-state index contributed by atoms with van der Waals surface area (Å²) in [6.45, 7) is 0. The third-order valence-corrected chi connectivity index (χ3v) is 2.03. The molecule has 0 saturated heterocycles. The van der Waals surface area contributed by atoms with Crippen LogP contribution in [-0.4, -0.2) is 20.8 Å². The summed E-state index contributed by atoms with van der Waals surface area (Å²) in [7, 11) is 1.86. The van der Waals surface area contributed by atoms with Gasteiger partial charge in [0.25, 0.3) is 0 Å². The van der Waals surface area contributed by atoms with Crippen LogP contribution in [-0.2, 0) is 7.05 Å². The highest BCUT2D eigenvalue weighted by Gasteiger charge is 2.09. The van der Waals surface area contributed by atoms with Crippen molar-refractivity contribution in [1.29, 1.82) is 0 Å². The van der Waals surface area contributed by atoms with Crippen LogP contribution in [0.15, 0.2) is 30.9 Å². The molecular formula is C10H9N3O. The molecule has 0 atom stereocenters. The van der Waals surface area contributed by atoms with E-state index in [1.165, 1.54) is 0 Å². The molecule has 0 spiro atoms. The number of aldehydes is 1. The molecule has 0 fully saturated rings. The van der Waals surface area contributed by atoms with Gasteiger partial charge >= 0.3 is 0 Å². The van der Waals surface area contributed by atoms with Crippen LogP contribution in [0.3, 0.4) is 0 Å². The van der Waals surface area contributed by atoms with Crippen LogP contribution >= 0.6 is 0 Å². The zero-order valence-corrected chi connectivity index (χ0v) is 7.71. The van der Waals surface area contributed by atoms with Gasteiger partial charge in [0, 0.05) is 25.0 Å². The first-order chi connectivity index (χ1) is 6.83. The second-order valence-corrected chi connectivity index (χ2v) is 2.94. The summed E-state index contributed by atoms with van der Waals surface area (Å²) in [5.41, 5.74) is 2.23.